The Bertz CT molecular complexity index is 802. The molecular formula is C15H14BrN5O. The summed E-state index contributed by atoms with van der Waals surface area (Å²) in [6.45, 7) is 3.74. The summed E-state index contributed by atoms with van der Waals surface area (Å²) in [5, 5.41) is 10.2. The van der Waals surface area contributed by atoms with E-state index in [-0.39, 0.29) is 0 Å². The van der Waals surface area contributed by atoms with Gasteiger partial charge in [0.2, 0.25) is 5.95 Å². The second kappa shape index (κ2) is 6.15. The molecule has 2 heterocycles. The molecule has 0 atom stereocenters. The molecule has 0 unspecified atom stereocenters. The molecule has 0 saturated heterocycles. The molecule has 112 valence electrons. The average molecular weight is 360 g/mol. The molecule has 0 spiro atoms. The van der Waals surface area contributed by atoms with Crippen LogP contribution < -0.4 is 10.6 Å². The average Bonchev–Trinajstić information content (AvgIpc) is 2.86. The van der Waals surface area contributed by atoms with E-state index in [1.165, 1.54) is 0 Å². The third-order valence-electron chi connectivity index (χ3n) is 2.86. The molecule has 0 radical (unpaired) electrons. The van der Waals surface area contributed by atoms with Gasteiger partial charge in [0, 0.05) is 22.3 Å². The smallest absolute Gasteiger partial charge is 0.230 e. The number of rotatable bonds is 4. The van der Waals surface area contributed by atoms with Gasteiger partial charge in [-0.2, -0.15) is 4.98 Å². The van der Waals surface area contributed by atoms with Crippen LogP contribution in [0.15, 0.2) is 45.4 Å². The first kappa shape index (κ1) is 14.5. The van der Waals surface area contributed by atoms with E-state index in [1.54, 1.807) is 6.07 Å². The molecule has 0 amide bonds. The highest BCUT2D eigenvalue weighted by Crippen LogP contribution is 2.25. The van der Waals surface area contributed by atoms with Gasteiger partial charge >= 0.3 is 0 Å². The lowest BCUT2D eigenvalue weighted by Crippen LogP contribution is -2.02. The first-order chi connectivity index (χ1) is 10.6. The molecular weight excluding hydrogens is 346 g/mol. The Labute approximate surface area is 136 Å². The molecule has 1 aromatic carbocycles. The largest absolute Gasteiger partial charge is 0.360 e. The lowest BCUT2D eigenvalue weighted by atomic mass is 10.3. The molecule has 0 aliphatic carbocycles. The summed E-state index contributed by atoms with van der Waals surface area (Å²) in [6.07, 6.45) is 0. The van der Waals surface area contributed by atoms with Crippen LogP contribution in [0, 0.1) is 13.8 Å². The minimum atomic E-state index is 0.461. The van der Waals surface area contributed by atoms with Crippen molar-refractivity contribution in [1.29, 1.82) is 0 Å². The first-order valence-corrected chi connectivity index (χ1v) is 7.47. The van der Waals surface area contributed by atoms with Gasteiger partial charge in [-0.25, -0.2) is 4.98 Å². The SMILES string of the molecule is Cc1cc(Nc2ccccc2Br)nc(Nc2cc(C)on2)n1. The van der Waals surface area contributed by atoms with Crippen LogP contribution in [0.3, 0.4) is 0 Å². The fourth-order valence-electron chi connectivity index (χ4n) is 1.93. The number of para-hydroxylation sites is 1. The summed E-state index contributed by atoms with van der Waals surface area (Å²) < 4.78 is 5.98. The zero-order chi connectivity index (χ0) is 15.5. The highest BCUT2D eigenvalue weighted by atomic mass is 79.9. The quantitative estimate of drug-likeness (QED) is 0.721. The van der Waals surface area contributed by atoms with E-state index in [2.05, 4.69) is 41.7 Å². The van der Waals surface area contributed by atoms with Crippen molar-refractivity contribution in [3.8, 4) is 0 Å². The Balaban J connectivity index is 1.85. The summed E-state index contributed by atoms with van der Waals surface area (Å²) in [7, 11) is 0. The maximum Gasteiger partial charge on any atom is 0.230 e. The Kier molecular flexibility index (Phi) is 4.06. The van der Waals surface area contributed by atoms with Crippen LogP contribution in [0.4, 0.5) is 23.3 Å². The number of nitrogens with zero attached hydrogens (tertiary/aromatic N) is 3. The maximum absolute atomic E-state index is 5.02. The van der Waals surface area contributed by atoms with Crippen LogP contribution in [0.5, 0.6) is 0 Å². The van der Waals surface area contributed by atoms with Gasteiger partial charge < -0.3 is 15.2 Å². The Morgan fingerprint density at radius 3 is 2.55 bits per heavy atom. The van der Waals surface area contributed by atoms with Crippen LogP contribution in [-0.2, 0) is 0 Å². The molecule has 0 saturated carbocycles. The topological polar surface area (TPSA) is 75.9 Å². The van der Waals surface area contributed by atoms with Crippen molar-refractivity contribution in [3.05, 3.63) is 52.3 Å². The van der Waals surface area contributed by atoms with Crippen molar-refractivity contribution in [3.63, 3.8) is 0 Å². The number of aromatic nitrogens is 3. The molecule has 0 bridgehead atoms. The number of hydrogen-bond acceptors (Lipinski definition) is 6. The molecule has 7 heteroatoms. The lowest BCUT2D eigenvalue weighted by molar-refractivity contribution is 0.400. The Morgan fingerprint density at radius 2 is 1.82 bits per heavy atom. The van der Waals surface area contributed by atoms with Gasteiger partial charge in [-0.15, -0.1) is 0 Å². The van der Waals surface area contributed by atoms with E-state index in [0.717, 1.165) is 21.6 Å². The zero-order valence-corrected chi connectivity index (χ0v) is 13.7. The second-order valence-electron chi connectivity index (χ2n) is 4.77. The minimum absolute atomic E-state index is 0.461. The van der Waals surface area contributed by atoms with Gasteiger partial charge in [0.05, 0.1) is 5.69 Å². The fraction of sp³-hybridized carbons (Fsp3) is 0.133. The van der Waals surface area contributed by atoms with Gasteiger partial charge in [0.15, 0.2) is 5.82 Å². The van der Waals surface area contributed by atoms with Gasteiger partial charge in [-0.3, -0.25) is 0 Å². The number of anilines is 4. The second-order valence-corrected chi connectivity index (χ2v) is 5.63. The molecule has 6 nitrogen and oxygen atoms in total. The zero-order valence-electron chi connectivity index (χ0n) is 12.1. The van der Waals surface area contributed by atoms with E-state index in [0.29, 0.717) is 17.6 Å². The molecule has 3 rings (SSSR count). The van der Waals surface area contributed by atoms with E-state index in [1.807, 2.05) is 44.2 Å². The summed E-state index contributed by atoms with van der Waals surface area (Å²) >= 11 is 3.50. The van der Waals surface area contributed by atoms with Crippen LogP contribution in [-0.4, -0.2) is 15.1 Å². The van der Waals surface area contributed by atoms with Crippen LogP contribution in [0.2, 0.25) is 0 Å². The van der Waals surface area contributed by atoms with E-state index in [4.69, 9.17) is 4.52 Å². The molecule has 3 aromatic rings. The monoisotopic (exact) mass is 359 g/mol. The Morgan fingerprint density at radius 1 is 1.00 bits per heavy atom. The van der Waals surface area contributed by atoms with E-state index in [9.17, 15) is 0 Å². The van der Waals surface area contributed by atoms with Gasteiger partial charge in [-0.05, 0) is 41.9 Å². The molecule has 2 aromatic heterocycles. The third kappa shape index (κ3) is 3.43. The van der Waals surface area contributed by atoms with Crippen LogP contribution in [0.1, 0.15) is 11.5 Å². The van der Waals surface area contributed by atoms with Gasteiger partial charge in [-0.1, -0.05) is 17.3 Å². The van der Waals surface area contributed by atoms with Crippen molar-refractivity contribution >= 4 is 39.2 Å². The third-order valence-corrected chi connectivity index (χ3v) is 3.55. The minimum Gasteiger partial charge on any atom is -0.360 e. The predicted molar refractivity (Wildman–Crippen MR) is 88.7 cm³/mol. The number of halogens is 1. The van der Waals surface area contributed by atoms with Crippen molar-refractivity contribution in [2.75, 3.05) is 10.6 Å². The van der Waals surface area contributed by atoms with E-state index < -0.39 is 0 Å². The maximum atomic E-state index is 5.02. The van der Waals surface area contributed by atoms with Gasteiger partial charge in [0.25, 0.3) is 0 Å². The highest BCUT2D eigenvalue weighted by Gasteiger charge is 2.07. The predicted octanol–water partition coefficient (Wildman–Crippen LogP) is 4.33. The highest BCUT2D eigenvalue weighted by molar-refractivity contribution is 9.10. The molecule has 0 aliphatic rings. The van der Waals surface area contributed by atoms with Crippen molar-refractivity contribution in [2.24, 2.45) is 0 Å². The molecule has 22 heavy (non-hydrogen) atoms. The lowest BCUT2D eigenvalue weighted by Gasteiger charge is -2.10. The number of nitrogens with one attached hydrogen (secondary N) is 2. The van der Waals surface area contributed by atoms with Crippen molar-refractivity contribution < 1.29 is 4.52 Å². The fourth-order valence-corrected chi connectivity index (χ4v) is 2.31. The molecule has 2 N–H and O–H groups in total. The van der Waals surface area contributed by atoms with Crippen LogP contribution >= 0.6 is 15.9 Å². The van der Waals surface area contributed by atoms with Gasteiger partial charge in [0.1, 0.15) is 11.6 Å². The number of hydrogen-bond donors (Lipinski definition) is 2. The summed E-state index contributed by atoms with van der Waals surface area (Å²) in [4.78, 5) is 8.79. The normalized spacial score (nSPS) is 10.5. The Hall–Kier alpha value is -2.41. The summed E-state index contributed by atoms with van der Waals surface area (Å²) in [6, 6.07) is 11.5. The summed E-state index contributed by atoms with van der Waals surface area (Å²) in [5.74, 6) is 2.46. The summed E-state index contributed by atoms with van der Waals surface area (Å²) in [5.41, 5.74) is 1.77. The number of aryl methyl sites for hydroxylation is 2. The van der Waals surface area contributed by atoms with Crippen molar-refractivity contribution in [2.45, 2.75) is 13.8 Å². The molecule has 0 fully saturated rings. The first-order valence-electron chi connectivity index (χ1n) is 6.68. The standard InChI is InChI=1S/C15H14BrN5O/c1-9-7-13(18-12-6-4-3-5-11(12)16)19-15(17-9)20-14-8-10(2)22-21-14/h3-8H,1-2H3,(H2,17,18,19,20,21). The van der Waals surface area contributed by atoms with Crippen molar-refractivity contribution in [1.82, 2.24) is 15.1 Å². The van der Waals surface area contributed by atoms with Crippen LogP contribution in [0.25, 0.3) is 0 Å². The van der Waals surface area contributed by atoms with E-state index >= 15 is 0 Å². The number of benzene rings is 1. The molecule has 0 aliphatic heterocycles.